The number of carbonyl (C=O) groups excluding carboxylic acids is 1. The number of nitrogens with one attached hydrogen (secondary N) is 1. The maximum Gasteiger partial charge on any atom is 0.336 e. The molecule has 0 aromatic heterocycles. The molecule has 0 saturated carbocycles. The summed E-state index contributed by atoms with van der Waals surface area (Å²) in [7, 11) is 1.49. The Balaban J connectivity index is 3.10. The number of carboxylic acid groups (broad SMARTS) is 1. The fourth-order valence-electron chi connectivity index (χ4n) is 1.12. The molecule has 0 aliphatic rings. The summed E-state index contributed by atoms with van der Waals surface area (Å²) in [6.45, 7) is 0. The van der Waals surface area contributed by atoms with Crippen LogP contribution in [0.2, 0.25) is 5.02 Å². The molecule has 5 heteroatoms. The molecule has 84 valence electrons. The highest BCUT2D eigenvalue weighted by Gasteiger charge is 2.08. The smallest absolute Gasteiger partial charge is 0.336 e. The van der Waals surface area contributed by atoms with Gasteiger partial charge in [-0.2, -0.15) is 0 Å². The van der Waals surface area contributed by atoms with Crippen LogP contribution in [0.15, 0.2) is 24.3 Å². The van der Waals surface area contributed by atoms with Crippen molar-refractivity contribution < 1.29 is 14.7 Å². The Morgan fingerprint density at radius 2 is 2.12 bits per heavy atom. The topological polar surface area (TPSA) is 66.4 Å². The summed E-state index contributed by atoms with van der Waals surface area (Å²) in [6.07, 6.45) is 2.66. The summed E-state index contributed by atoms with van der Waals surface area (Å²) in [6, 6.07) is 4.38. The molecule has 1 amide bonds. The quantitative estimate of drug-likeness (QED) is 0.791. The van der Waals surface area contributed by atoms with Crippen LogP contribution in [0.3, 0.4) is 0 Å². The Hall–Kier alpha value is -1.81. The van der Waals surface area contributed by atoms with Gasteiger partial charge in [0.2, 0.25) is 5.91 Å². The van der Waals surface area contributed by atoms with E-state index >= 15 is 0 Å². The molecular formula is C11H10ClNO3. The van der Waals surface area contributed by atoms with E-state index in [1.165, 1.54) is 37.4 Å². The maximum absolute atomic E-state index is 11.0. The first kappa shape index (κ1) is 12.3. The summed E-state index contributed by atoms with van der Waals surface area (Å²) < 4.78 is 0. The van der Waals surface area contributed by atoms with E-state index < -0.39 is 5.97 Å². The number of rotatable bonds is 3. The number of benzene rings is 1. The average Bonchev–Trinajstić information content (AvgIpc) is 2.25. The number of halogens is 1. The van der Waals surface area contributed by atoms with E-state index in [9.17, 15) is 9.59 Å². The van der Waals surface area contributed by atoms with Crippen molar-refractivity contribution in [2.75, 3.05) is 7.05 Å². The summed E-state index contributed by atoms with van der Waals surface area (Å²) in [4.78, 5) is 21.8. The molecular weight excluding hydrogens is 230 g/mol. The fourth-order valence-corrected chi connectivity index (χ4v) is 1.30. The standard InChI is InChI=1S/C11H10ClNO3/c1-13-10(14)5-2-7-6-8(12)3-4-9(7)11(15)16/h2-6H,1H3,(H,13,14)(H,15,16)/b5-2+. The second-order valence-corrected chi connectivity index (χ2v) is 3.42. The van der Waals surface area contributed by atoms with Gasteiger partial charge < -0.3 is 10.4 Å². The molecule has 0 spiro atoms. The van der Waals surface area contributed by atoms with Crippen LogP contribution < -0.4 is 5.32 Å². The second kappa shape index (κ2) is 5.32. The Morgan fingerprint density at radius 3 is 2.69 bits per heavy atom. The highest BCUT2D eigenvalue weighted by molar-refractivity contribution is 6.30. The first-order chi connectivity index (χ1) is 7.54. The van der Waals surface area contributed by atoms with Crippen LogP contribution in [-0.4, -0.2) is 24.0 Å². The van der Waals surface area contributed by atoms with Gasteiger partial charge in [-0.25, -0.2) is 4.79 Å². The molecule has 16 heavy (non-hydrogen) atoms. The van der Waals surface area contributed by atoms with E-state index in [-0.39, 0.29) is 11.5 Å². The molecule has 0 atom stereocenters. The lowest BCUT2D eigenvalue weighted by Crippen LogP contribution is -2.14. The zero-order valence-electron chi connectivity index (χ0n) is 8.53. The number of hydrogen-bond donors (Lipinski definition) is 2. The van der Waals surface area contributed by atoms with Crippen LogP contribution in [0, 0.1) is 0 Å². The molecule has 0 unspecified atom stereocenters. The van der Waals surface area contributed by atoms with Crippen LogP contribution >= 0.6 is 11.6 Å². The van der Waals surface area contributed by atoms with Crippen molar-refractivity contribution >= 4 is 29.6 Å². The highest BCUT2D eigenvalue weighted by atomic mass is 35.5. The SMILES string of the molecule is CNC(=O)/C=C/c1cc(Cl)ccc1C(=O)O. The van der Waals surface area contributed by atoms with Crippen molar-refractivity contribution in [3.8, 4) is 0 Å². The van der Waals surface area contributed by atoms with Gasteiger partial charge in [-0.1, -0.05) is 11.6 Å². The van der Waals surface area contributed by atoms with Crippen LogP contribution in [-0.2, 0) is 4.79 Å². The molecule has 0 heterocycles. The van der Waals surface area contributed by atoms with Crippen molar-refractivity contribution in [2.45, 2.75) is 0 Å². The van der Waals surface area contributed by atoms with Gasteiger partial charge in [-0.3, -0.25) is 4.79 Å². The molecule has 4 nitrogen and oxygen atoms in total. The van der Waals surface area contributed by atoms with Crippen molar-refractivity contribution in [3.63, 3.8) is 0 Å². The van der Waals surface area contributed by atoms with Crippen LogP contribution in [0.25, 0.3) is 6.08 Å². The zero-order chi connectivity index (χ0) is 12.1. The van der Waals surface area contributed by atoms with Gasteiger partial charge in [-0.15, -0.1) is 0 Å². The lowest BCUT2D eigenvalue weighted by Gasteiger charge is -2.01. The molecule has 1 aromatic carbocycles. The summed E-state index contributed by atoms with van der Waals surface area (Å²) in [5, 5.41) is 11.7. The van der Waals surface area contributed by atoms with Crippen molar-refractivity contribution in [1.82, 2.24) is 5.32 Å². The number of carboxylic acids is 1. The summed E-state index contributed by atoms with van der Waals surface area (Å²) >= 11 is 5.74. The first-order valence-corrected chi connectivity index (χ1v) is 4.85. The Morgan fingerprint density at radius 1 is 1.44 bits per heavy atom. The van der Waals surface area contributed by atoms with Gasteiger partial charge in [0.05, 0.1) is 5.56 Å². The van der Waals surface area contributed by atoms with Gasteiger partial charge in [0.1, 0.15) is 0 Å². The lowest BCUT2D eigenvalue weighted by molar-refractivity contribution is -0.115. The van der Waals surface area contributed by atoms with Crippen molar-refractivity contribution in [1.29, 1.82) is 0 Å². The first-order valence-electron chi connectivity index (χ1n) is 4.47. The van der Waals surface area contributed by atoms with E-state index in [2.05, 4.69) is 5.32 Å². The molecule has 1 aromatic rings. The van der Waals surface area contributed by atoms with Gasteiger partial charge in [0, 0.05) is 18.1 Å². The van der Waals surface area contributed by atoms with Crippen LogP contribution in [0.1, 0.15) is 15.9 Å². The van der Waals surface area contributed by atoms with E-state index in [0.29, 0.717) is 10.6 Å². The third-order valence-electron chi connectivity index (χ3n) is 1.90. The molecule has 0 aliphatic carbocycles. The Kier molecular flexibility index (Phi) is 4.08. The molecule has 0 fully saturated rings. The van der Waals surface area contributed by atoms with E-state index in [1.54, 1.807) is 0 Å². The number of carbonyl (C=O) groups is 2. The van der Waals surface area contributed by atoms with E-state index in [1.807, 2.05) is 0 Å². The minimum absolute atomic E-state index is 0.101. The van der Waals surface area contributed by atoms with Crippen LogP contribution in [0.5, 0.6) is 0 Å². The van der Waals surface area contributed by atoms with Crippen LogP contribution in [0.4, 0.5) is 0 Å². The largest absolute Gasteiger partial charge is 0.478 e. The normalized spacial score (nSPS) is 10.4. The number of likely N-dealkylation sites (N-methyl/N-ethyl adjacent to an activating group) is 1. The monoisotopic (exact) mass is 239 g/mol. The summed E-state index contributed by atoms with van der Waals surface area (Å²) in [5.41, 5.74) is 0.494. The average molecular weight is 240 g/mol. The second-order valence-electron chi connectivity index (χ2n) is 2.98. The van der Waals surface area contributed by atoms with Crippen molar-refractivity contribution in [3.05, 3.63) is 40.4 Å². The lowest BCUT2D eigenvalue weighted by atomic mass is 10.1. The highest BCUT2D eigenvalue weighted by Crippen LogP contribution is 2.17. The number of amides is 1. The Bertz CT molecular complexity index is 455. The molecule has 0 aliphatic heterocycles. The summed E-state index contributed by atoms with van der Waals surface area (Å²) in [5.74, 6) is -1.37. The minimum Gasteiger partial charge on any atom is -0.478 e. The number of aromatic carboxylic acids is 1. The van der Waals surface area contributed by atoms with Gasteiger partial charge in [0.25, 0.3) is 0 Å². The molecule has 0 radical (unpaired) electrons. The van der Waals surface area contributed by atoms with Crippen molar-refractivity contribution in [2.24, 2.45) is 0 Å². The van der Waals surface area contributed by atoms with E-state index in [0.717, 1.165) is 0 Å². The van der Waals surface area contributed by atoms with Gasteiger partial charge >= 0.3 is 5.97 Å². The van der Waals surface area contributed by atoms with E-state index in [4.69, 9.17) is 16.7 Å². The molecule has 1 rings (SSSR count). The Labute approximate surface area is 97.5 Å². The number of hydrogen-bond acceptors (Lipinski definition) is 2. The predicted molar refractivity (Wildman–Crippen MR) is 61.5 cm³/mol. The maximum atomic E-state index is 11.0. The molecule has 0 bridgehead atoms. The molecule has 0 saturated heterocycles. The molecule has 2 N–H and O–H groups in total. The third kappa shape index (κ3) is 3.10. The predicted octanol–water partition coefficient (Wildman–Crippen LogP) is 1.80. The third-order valence-corrected chi connectivity index (χ3v) is 2.14. The fraction of sp³-hybridized carbons (Fsp3) is 0.0909. The van der Waals surface area contributed by atoms with Gasteiger partial charge in [0.15, 0.2) is 0 Å². The zero-order valence-corrected chi connectivity index (χ0v) is 9.28. The van der Waals surface area contributed by atoms with Gasteiger partial charge in [-0.05, 0) is 29.8 Å². The minimum atomic E-state index is -1.06.